The quantitative estimate of drug-likeness (QED) is 0.0759. The number of hydrogen-bond donors (Lipinski definition) is 0. The van der Waals surface area contributed by atoms with Crippen molar-refractivity contribution in [2.75, 3.05) is 41.9 Å². The average Bonchev–Trinajstić information content (AvgIpc) is 4.20. The molecule has 79 heavy (non-hydrogen) atoms. The van der Waals surface area contributed by atoms with Crippen LogP contribution >= 0.6 is 11.8 Å². The molecule has 18 heteroatoms. The van der Waals surface area contributed by atoms with Crippen molar-refractivity contribution in [3.8, 4) is 17.2 Å². The average molecular weight is 1090 g/mol. The van der Waals surface area contributed by atoms with Gasteiger partial charge in [-0.3, -0.25) is 43.6 Å². The number of carbonyl (C=O) groups excluding carboxylic acids is 7. The van der Waals surface area contributed by atoms with E-state index in [1.54, 1.807) is 24.1 Å². The fraction of sp³-hybridized carbons (Fsp3) is 0.377. The van der Waals surface area contributed by atoms with Crippen molar-refractivity contribution in [1.29, 1.82) is 0 Å². The molecule has 2 saturated heterocycles. The Balaban J connectivity index is 0.782. The van der Waals surface area contributed by atoms with Gasteiger partial charge in [-0.25, -0.2) is 4.79 Å². The number of fused-ring (bicyclic) bond motifs is 8. The molecule has 1 unspecified atom stereocenters. The summed E-state index contributed by atoms with van der Waals surface area (Å²) >= 11 is 1.44. The number of aliphatic imine (C=N–C) groups is 1. The van der Waals surface area contributed by atoms with Gasteiger partial charge in [-0.1, -0.05) is 50.2 Å². The zero-order valence-electron chi connectivity index (χ0n) is 45.0. The van der Waals surface area contributed by atoms with Gasteiger partial charge in [-0.05, 0) is 121 Å². The Morgan fingerprint density at radius 2 is 1.41 bits per heavy atom. The third kappa shape index (κ3) is 10.7. The van der Waals surface area contributed by atoms with Crippen LogP contribution in [0.25, 0.3) is 0 Å². The molecule has 0 spiro atoms. The highest BCUT2D eigenvalue weighted by molar-refractivity contribution is 8.02. The number of nitrogens with zero attached hydrogens (tertiary/aromatic N) is 6. The molecule has 11 rings (SSSR count). The summed E-state index contributed by atoms with van der Waals surface area (Å²) in [5.74, 6) is -1.44. The maximum atomic E-state index is 14.2. The number of likely N-dealkylation sites (tertiary alicyclic amines) is 1. The Labute approximate surface area is 462 Å². The lowest BCUT2D eigenvalue weighted by molar-refractivity contribution is -0.197. The molecule has 17 nitrogen and oxygen atoms in total. The molecule has 0 saturated carbocycles. The number of carbonyl (C=O) groups is 7. The molecule has 408 valence electrons. The molecule has 6 aliphatic heterocycles. The molecule has 2 fully saturated rings. The molecule has 3 atom stereocenters. The fourth-order valence-electron chi connectivity index (χ4n) is 11.7. The van der Waals surface area contributed by atoms with Crippen molar-refractivity contribution in [3.05, 3.63) is 136 Å². The van der Waals surface area contributed by atoms with Gasteiger partial charge in [0.25, 0.3) is 23.6 Å². The van der Waals surface area contributed by atoms with Gasteiger partial charge in [-0.15, -0.1) is 16.8 Å². The van der Waals surface area contributed by atoms with E-state index in [1.165, 1.54) is 17.3 Å². The van der Waals surface area contributed by atoms with Gasteiger partial charge in [0.05, 0.1) is 36.1 Å². The first-order valence-corrected chi connectivity index (χ1v) is 27.8. The molecular weight excluding hydrogens is 1020 g/mol. The van der Waals surface area contributed by atoms with Crippen LogP contribution in [0.5, 0.6) is 17.2 Å². The maximum Gasteiger partial charge on any atom is 0.335 e. The highest BCUT2D eigenvalue weighted by Crippen LogP contribution is 2.43. The Kier molecular flexibility index (Phi) is 14.6. The third-order valence-electron chi connectivity index (χ3n) is 15.7. The molecule has 6 heterocycles. The number of hydroxylamine groups is 2. The molecule has 6 aliphatic rings. The monoisotopic (exact) mass is 1090 g/mol. The van der Waals surface area contributed by atoms with Crippen molar-refractivity contribution in [3.63, 3.8) is 0 Å². The lowest BCUT2D eigenvalue weighted by atomic mass is 9.98. The molecule has 0 aliphatic carbocycles. The summed E-state index contributed by atoms with van der Waals surface area (Å²) in [4.78, 5) is 108. The van der Waals surface area contributed by atoms with Crippen LogP contribution < -0.4 is 28.9 Å². The van der Waals surface area contributed by atoms with Crippen molar-refractivity contribution in [1.82, 2.24) is 9.96 Å². The van der Waals surface area contributed by atoms with Crippen LogP contribution in [0.4, 0.5) is 22.7 Å². The normalized spacial score (nSPS) is 19.2. The van der Waals surface area contributed by atoms with Crippen LogP contribution in [0.3, 0.4) is 0 Å². The van der Waals surface area contributed by atoms with Crippen LogP contribution in [0, 0.1) is 6.92 Å². The summed E-state index contributed by atoms with van der Waals surface area (Å²) < 4.78 is 18.7. The van der Waals surface area contributed by atoms with E-state index in [1.807, 2.05) is 79.7 Å². The van der Waals surface area contributed by atoms with Crippen LogP contribution in [0.2, 0.25) is 0 Å². The molecule has 5 aromatic rings. The summed E-state index contributed by atoms with van der Waals surface area (Å²) in [7, 11) is 3.57. The topological polar surface area (TPSA) is 185 Å². The summed E-state index contributed by atoms with van der Waals surface area (Å²) in [5.41, 5.74) is 10.3. The first-order chi connectivity index (χ1) is 38.0. The van der Waals surface area contributed by atoms with E-state index in [-0.39, 0.29) is 75.2 Å². The zero-order valence-corrected chi connectivity index (χ0v) is 45.8. The largest absolute Gasteiger partial charge is 0.493 e. The summed E-state index contributed by atoms with van der Waals surface area (Å²) in [6.45, 7) is 6.90. The number of imide groups is 2. The van der Waals surface area contributed by atoms with Crippen LogP contribution in [0.1, 0.15) is 113 Å². The second kappa shape index (κ2) is 21.7. The Morgan fingerprint density at radius 3 is 2.13 bits per heavy atom. The maximum absolute atomic E-state index is 14.2. The van der Waals surface area contributed by atoms with Crippen molar-refractivity contribution in [2.24, 2.45) is 4.99 Å². The molecule has 0 bridgehead atoms. The molecule has 0 aromatic heterocycles. The fourth-order valence-corrected chi connectivity index (χ4v) is 13.1. The predicted molar refractivity (Wildman–Crippen MR) is 298 cm³/mol. The van der Waals surface area contributed by atoms with E-state index in [4.69, 9.17) is 24.0 Å². The number of amides is 6. The van der Waals surface area contributed by atoms with E-state index in [0.717, 1.165) is 75.5 Å². The first kappa shape index (κ1) is 53.0. The number of rotatable bonds is 18. The van der Waals surface area contributed by atoms with Crippen LogP contribution in [-0.4, -0.2) is 107 Å². The minimum Gasteiger partial charge on any atom is -0.493 e. The lowest BCUT2D eigenvalue weighted by Crippen LogP contribution is -2.37. The number of thioether (sulfide) groups is 1. The number of anilines is 3. The van der Waals surface area contributed by atoms with E-state index in [2.05, 4.69) is 43.0 Å². The van der Waals surface area contributed by atoms with Gasteiger partial charge in [0.1, 0.15) is 19.0 Å². The van der Waals surface area contributed by atoms with Crippen LogP contribution in [0.15, 0.2) is 96.0 Å². The summed E-state index contributed by atoms with van der Waals surface area (Å²) in [6, 6.07) is 29.7. The molecule has 6 amide bonds. The van der Waals surface area contributed by atoms with E-state index >= 15 is 0 Å². The number of benzene rings is 5. The molecule has 0 N–H and O–H groups in total. The minimum atomic E-state index is -0.875. The number of para-hydroxylation sites is 2. The number of methoxy groups -OCH3 is 1. The number of hydrogen-bond acceptors (Lipinski definition) is 14. The van der Waals surface area contributed by atoms with Gasteiger partial charge >= 0.3 is 5.97 Å². The van der Waals surface area contributed by atoms with Gasteiger partial charge < -0.3 is 28.8 Å². The summed E-state index contributed by atoms with van der Waals surface area (Å²) in [6.07, 6.45) is 5.99. The highest BCUT2D eigenvalue weighted by atomic mass is 32.2. The Morgan fingerprint density at radius 1 is 0.734 bits per heavy atom. The highest BCUT2D eigenvalue weighted by Gasteiger charge is 2.43. The molecular formula is C61H62N6O11S. The van der Waals surface area contributed by atoms with Gasteiger partial charge in [-0.2, -0.15) is 0 Å². The van der Waals surface area contributed by atoms with Gasteiger partial charge in [0.15, 0.2) is 11.5 Å². The first-order valence-electron chi connectivity index (χ1n) is 26.9. The van der Waals surface area contributed by atoms with Crippen molar-refractivity contribution in [2.45, 2.75) is 120 Å². The SMILES string of the molecule is COc1cc2c(cc1OCc1cc(COc3cc4c(cc3C)C(=O)N3c5ccccc5C[C@H]3CC4)cc(N(C)CCCC(C)(C)SC3CC(=O)N(CCC(=O)ON4C(=O)CCC4=O)C3=O)c1)N=C[C@@H]1Cc3ccccc3N1C2=O. The second-order valence-electron chi connectivity index (χ2n) is 21.7. The Bertz CT molecular complexity index is 3360. The van der Waals surface area contributed by atoms with Gasteiger partial charge in [0, 0.05) is 91.5 Å². The smallest absolute Gasteiger partial charge is 0.335 e. The minimum absolute atomic E-state index is 0.00135. The van der Waals surface area contributed by atoms with Crippen LogP contribution in [-0.2, 0) is 61.3 Å². The number of aryl methyl sites for hydroxylation is 2. The summed E-state index contributed by atoms with van der Waals surface area (Å²) in [5, 5.41) is -0.173. The standard InChI is InChI=1S/C61H62N6O11S/c1-36-23-45-39(15-16-42-27-40-11-6-8-13-48(40)65(42)58(45)72)29-50(36)76-34-37-24-38(35-77-52-31-47-46(30-51(52)75-5)59(73)66-44(33-62-47)28-41-12-7-9-14-49(41)66)26-43(25-37)63(4)21-10-20-61(2,3)79-53-32-56(70)64(60(53)74)22-19-57(71)78-67-54(68)17-18-55(67)69/h6-9,11-14,23-26,29-31,33,42,44,53H,10,15-22,27-28,32,34-35H2,1-5H3/t42-,44+,53?/m1/s1. The number of ether oxygens (including phenoxy) is 3. The molecule has 5 aromatic carbocycles. The van der Waals surface area contributed by atoms with E-state index < -0.39 is 33.7 Å². The van der Waals surface area contributed by atoms with E-state index in [9.17, 15) is 33.6 Å². The molecule has 0 radical (unpaired) electrons. The predicted octanol–water partition coefficient (Wildman–Crippen LogP) is 8.82. The van der Waals surface area contributed by atoms with Gasteiger partial charge in [0.2, 0.25) is 11.8 Å². The zero-order chi connectivity index (χ0) is 55.3. The van der Waals surface area contributed by atoms with Crippen molar-refractivity contribution >= 4 is 82.1 Å². The lowest BCUT2D eigenvalue weighted by Gasteiger charge is -2.28. The van der Waals surface area contributed by atoms with E-state index in [0.29, 0.717) is 58.5 Å². The van der Waals surface area contributed by atoms with Crippen molar-refractivity contribution < 1.29 is 52.6 Å². The Hall–Kier alpha value is -7.99. The second-order valence-corrected chi connectivity index (χ2v) is 23.6. The third-order valence-corrected chi connectivity index (χ3v) is 17.2.